The van der Waals surface area contributed by atoms with E-state index in [1.165, 1.54) is 0 Å². The smallest absolute Gasteiger partial charge is 0.324 e. The third-order valence-electron chi connectivity index (χ3n) is 7.89. The molecule has 3 aromatic rings. The number of hydrogen-bond acceptors (Lipinski definition) is 6. The van der Waals surface area contributed by atoms with Crippen LogP contribution in [-0.4, -0.2) is 46.8 Å². The molecule has 3 heterocycles. The average Bonchev–Trinajstić information content (AvgIpc) is 3.57. The van der Waals surface area contributed by atoms with Crippen molar-refractivity contribution < 1.29 is 19.1 Å². The highest BCUT2D eigenvalue weighted by Gasteiger charge is 2.39. The Labute approximate surface area is 241 Å². The van der Waals surface area contributed by atoms with Gasteiger partial charge in [-0.2, -0.15) is 5.10 Å². The summed E-state index contributed by atoms with van der Waals surface area (Å²) in [6, 6.07) is 16.9. The Morgan fingerprint density at radius 3 is 2.29 bits per heavy atom. The van der Waals surface area contributed by atoms with Crippen LogP contribution in [-0.2, 0) is 19.7 Å². The summed E-state index contributed by atoms with van der Waals surface area (Å²) in [5.74, 6) is 0.0481. The lowest BCUT2D eigenvalue weighted by Crippen LogP contribution is -2.37. The lowest BCUT2D eigenvalue weighted by molar-refractivity contribution is -0.148. The molecule has 0 bridgehead atoms. The van der Waals surface area contributed by atoms with Crippen LogP contribution in [0, 0.1) is 12.8 Å². The molecule has 216 valence electrons. The first-order valence-corrected chi connectivity index (χ1v) is 14.4. The quantitative estimate of drug-likeness (QED) is 0.332. The number of nitrogens with one attached hydrogen (secondary N) is 3. The molecule has 0 aliphatic carbocycles. The minimum atomic E-state index is -0.678. The Morgan fingerprint density at radius 1 is 1.00 bits per heavy atom. The highest BCUT2D eigenvalue weighted by atomic mass is 16.6. The van der Waals surface area contributed by atoms with Gasteiger partial charge in [0.25, 0.3) is 0 Å². The van der Waals surface area contributed by atoms with E-state index in [-0.39, 0.29) is 35.4 Å². The van der Waals surface area contributed by atoms with E-state index in [1.54, 1.807) is 4.68 Å². The van der Waals surface area contributed by atoms with Crippen molar-refractivity contribution >= 4 is 29.3 Å². The van der Waals surface area contributed by atoms with Crippen LogP contribution >= 0.6 is 0 Å². The fourth-order valence-electron chi connectivity index (χ4n) is 5.54. The van der Waals surface area contributed by atoms with E-state index >= 15 is 0 Å². The molecule has 2 saturated heterocycles. The number of carbonyl (C=O) groups is 3. The van der Waals surface area contributed by atoms with Gasteiger partial charge >= 0.3 is 12.0 Å². The van der Waals surface area contributed by atoms with Gasteiger partial charge in [0, 0.05) is 35.9 Å². The molecular weight excluding hydrogens is 518 g/mol. The van der Waals surface area contributed by atoms with Gasteiger partial charge in [0.1, 0.15) is 5.82 Å². The van der Waals surface area contributed by atoms with E-state index in [0.29, 0.717) is 17.9 Å². The Balaban J connectivity index is 1.32. The van der Waals surface area contributed by atoms with E-state index in [1.807, 2.05) is 61.5 Å². The molecule has 41 heavy (non-hydrogen) atoms. The summed E-state index contributed by atoms with van der Waals surface area (Å²) in [6.07, 6.45) is 1.81. The Kier molecular flexibility index (Phi) is 8.26. The normalized spacial score (nSPS) is 18.5. The lowest BCUT2D eigenvalue weighted by atomic mass is 9.76. The summed E-state index contributed by atoms with van der Waals surface area (Å²) in [5.41, 5.74) is 4.14. The molecule has 2 fully saturated rings. The van der Waals surface area contributed by atoms with E-state index in [9.17, 15) is 14.4 Å². The first-order chi connectivity index (χ1) is 19.6. The summed E-state index contributed by atoms with van der Waals surface area (Å²) in [6.45, 7) is 9.99. The van der Waals surface area contributed by atoms with Gasteiger partial charge in [-0.05, 0) is 68.6 Å². The number of carbonyl (C=O) groups excluding carboxylic acids is 3. The fourth-order valence-corrected chi connectivity index (χ4v) is 5.54. The van der Waals surface area contributed by atoms with Crippen LogP contribution in [0.1, 0.15) is 69.2 Å². The van der Waals surface area contributed by atoms with Gasteiger partial charge in [-0.1, -0.05) is 50.6 Å². The second-order valence-electron chi connectivity index (χ2n) is 12.1. The molecule has 9 nitrogen and oxygen atoms in total. The van der Waals surface area contributed by atoms with Gasteiger partial charge in [-0.3, -0.25) is 14.9 Å². The number of esters is 1. The lowest BCUT2D eigenvalue weighted by Gasteiger charge is -2.31. The molecule has 2 aromatic carbocycles. The standard InChI is InChI=1S/C32H39N5O4/c1-20-5-11-24(12-6-20)37-27(19-26(36-37)32(2,3)4)35-31(40)34-23-9-7-21(8-10-23)29(22-15-17-33-18-16-22)30(39)25-13-14-28(38)41-25/h5-12,19,22,25,29,33H,13-18H2,1-4H3,(H2,34,35,40). The second kappa shape index (κ2) is 11.9. The minimum Gasteiger partial charge on any atom is -0.454 e. The monoisotopic (exact) mass is 557 g/mol. The van der Waals surface area contributed by atoms with E-state index in [0.717, 1.165) is 48.4 Å². The number of ether oxygens (including phenoxy) is 1. The van der Waals surface area contributed by atoms with Gasteiger partial charge in [0.2, 0.25) is 0 Å². The zero-order chi connectivity index (χ0) is 29.1. The molecule has 5 rings (SSSR count). The highest BCUT2D eigenvalue weighted by Crippen LogP contribution is 2.36. The molecule has 2 aliphatic rings. The zero-order valence-corrected chi connectivity index (χ0v) is 24.2. The number of piperidine rings is 1. The molecule has 2 atom stereocenters. The third kappa shape index (κ3) is 6.68. The zero-order valence-electron chi connectivity index (χ0n) is 24.2. The van der Waals surface area contributed by atoms with Gasteiger partial charge in [0.15, 0.2) is 11.9 Å². The maximum atomic E-state index is 13.5. The Hall–Kier alpha value is -3.98. The van der Waals surface area contributed by atoms with Crippen molar-refractivity contribution in [3.8, 4) is 5.69 Å². The molecule has 0 spiro atoms. The average molecular weight is 558 g/mol. The topological polar surface area (TPSA) is 114 Å². The first kappa shape index (κ1) is 28.5. The summed E-state index contributed by atoms with van der Waals surface area (Å²) in [5, 5.41) is 14.0. The maximum absolute atomic E-state index is 13.5. The number of hydrogen-bond donors (Lipinski definition) is 3. The highest BCUT2D eigenvalue weighted by molar-refractivity contribution is 5.99. The van der Waals surface area contributed by atoms with E-state index in [4.69, 9.17) is 9.84 Å². The van der Waals surface area contributed by atoms with Crippen molar-refractivity contribution in [2.45, 2.75) is 70.8 Å². The van der Waals surface area contributed by atoms with Gasteiger partial charge < -0.3 is 15.4 Å². The van der Waals surface area contributed by atoms with Crippen LogP contribution in [0.25, 0.3) is 5.69 Å². The molecule has 9 heteroatoms. The van der Waals surface area contributed by atoms with Gasteiger partial charge in [-0.15, -0.1) is 0 Å². The summed E-state index contributed by atoms with van der Waals surface area (Å²) < 4.78 is 7.09. The van der Waals surface area contributed by atoms with Crippen molar-refractivity contribution in [1.29, 1.82) is 0 Å². The number of Topliss-reactive ketones (excluding diaryl/α,β-unsaturated/α-hetero) is 1. The Morgan fingerprint density at radius 2 is 1.68 bits per heavy atom. The number of amides is 2. The van der Waals surface area contributed by atoms with Crippen molar-refractivity contribution in [2.24, 2.45) is 5.92 Å². The van der Waals surface area contributed by atoms with Crippen LogP contribution in [0.5, 0.6) is 0 Å². The molecular formula is C32H39N5O4. The predicted molar refractivity (Wildman–Crippen MR) is 159 cm³/mol. The number of rotatable bonds is 7. The Bertz CT molecular complexity index is 1400. The third-order valence-corrected chi connectivity index (χ3v) is 7.89. The molecule has 0 radical (unpaired) electrons. The second-order valence-corrected chi connectivity index (χ2v) is 12.1. The first-order valence-electron chi connectivity index (χ1n) is 14.4. The molecule has 1 aromatic heterocycles. The van der Waals surface area contributed by atoms with Crippen LogP contribution in [0.3, 0.4) is 0 Å². The molecule has 3 N–H and O–H groups in total. The predicted octanol–water partition coefficient (Wildman–Crippen LogP) is 5.48. The van der Waals surface area contributed by atoms with Crippen molar-refractivity contribution in [3.05, 3.63) is 71.4 Å². The maximum Gasteiger partial charge on any atom is 0.324 e. The number of ketones is 1. The number of aryl methyl sites for hydroxylation is 1. The number of anilines is 2. The number of nitrogens with zero attached hydrogens (tertiary/aromatic N) is 2. The van der Waals surface area contributed by atoms with Crippen LogP contribution in [0.4, 0.5) is 16.3 Å². The SMILES string of the molecule is Cc1ccc(-n2nc(C(C)(C)C)cc2NC(=O)Nc2ccc(C(C(=O)C3CCC(=O)O3)C3CCNCC3)cc2)cc1. The number of benzene rings is 2. The number of cyclic esters (lactones) is 1. The minimum absolute atomic E-state index is 0.0276. The van der Waals surface area contributed by atoms with Gasteiger partial charge in [0.05, 0.1) is 11.4 Å². The van der Waals surface area contributed by atoms with Crippen molar-refractivity contribution in [2.75, 3.05) is 23.7 Å². The summed E-state index contributed by atoms with van der Waals surface area (Å²) >= 11 is 0. The molecule has 2 aliphatic heterocycles. The van der Waals surface area contributed by atoms with Crippen LogP contribution in [0.2, 0.25) is 0 Å². The summed E-state index contributed by atoms with van der Waals surface area (Å²) in [7, 11) is 0. The van der Waals surface area contributed by atoms with Crippen molar-refractivity contribution in [1.82, 2.24) is 15.1 Å². The van der Waals surface area contributed by atoms with Gasteiger partial charge in [-0.25, -0.2) is 9.48 Å². The van der Waals surface area contributed by atoms with Crippen LogP contribution < -0.4 is 16.0 Å². The van der Waals surface area contributed by atoms with E-state index in [2.05, 4.69) is 36.7 Å². The van der Waals surface area contributed by atoms with Crippen molar-refractivity contribution in [3.63, 3.8) is 0 Å². The molecule has 0 saturated carbocycles. The molecule has 2 unspecified atom stereocenters. The van der Waals surface area contributed by atoms with E-state index < -0.39 is 12.1 Å². The summed E-state index contributed by atoms with van der Waals surface area (Å²) in [4.78, 5) is 38.3. The largest absolute Gasteiger partial charge is 0.454 e. The van der Waals surface area contributed by atoms with Crippen LogP contribution in [0.15, 0.2) is 54.6 Å². The number of aromatic nitrogens is 2. The number of urea groups is 1. The molecule has 2 amide bonds. The fraction of sp³-hybridized carbons (Fsp3) is 0.438.